The van der Waals surface area contributed by atoms with Crippen LogP contribution in [0.3, 0.4) is 0 Å². The molecule has 21 heavy (non-hydrogen) atoms. The van der Waals surface area contributed by atoms with Crippen molar-refractivity contribution in [2.45, 2.75) is 6.54 Å². The second kappa shape index (κ2) is 6.08. The number of hydrogen-bond donors (Lipinski definition) is 2. The summed E-state index contributed by atoms with van der Waals surface area (Å²) in [6.45, 7) is 0.183. The molecule has 0 heterocycles. The highest BCUT2D eigenvalue weighted by Crippen LogP contribution is 2.29. The Balaban J connectivity index is 2.21. The number of hydrogen-bond acceptors (Lipinski definition) is 5. The Bertz CT molecular complexity index is 656. The maximum atomic E-state index is 13.2. The van der Waals surface area contributed by atoms with Crippen molar-refractivity contribution in [3.05, 3.63) is 57.9 Å². The zero-order valence-corrected chi connectivity index (χ0v) is 11.2. The highest BCUT2D eigenvalue weighted by atomic mass is 19.1. The van der Waals surface area contributed by atoms with Gasteiger partial charge in [-0.25, -0.2) is 4.39 Å². The molecule has 6 nitrogen and oxygen atoms in total. The number of nitro groups is 1. The topological polar surface area (TPSA) is 84.6 Å². The molecule has 0 amide bonds. The molecule has 0 saturated carbocycles. The average Bonchev–Trinajstić information content (AvgIpc) is 2.43. The van der Waals surface area contributed by atoms with Gasteiger partial charge in [0.1, 0.15) is 17.3 Å². The van der Waals surface area contributed by atoms with Gasteiger partial charge >= 0.3 is 0 Å². The second-order valence-corrected chi connectivity index (χ2v) is 4.31. The van der Waals surface area contributed by atoms with E-state index in [0.717, 1.165) is 6.07 Å². The van der Waals surface area contributed by atoms with E-state index in [2.05, 4.69) is 5.32 Å². The summed E-state index contributed by atoms with van der Waals surface area (Å²) in [6, 6.07) is 7.80. The lowest BCUT2D eigenvalue weighted by Gasteiger charge is -2.11. The van der Waals surface area contributed by atoms with E-state index in [1.165, 1.54) is 37.4 Å². The third-order valence-corrected chi connectivity index (χ3v) is 2.82. The number of aromatic hydroxyl groups is 1. The molecule has 0 aliphatic heterocycles. The number of rotatable bonds is 5. The van der Waals surface area contributed by atoms with Crippen LogP contribution in [-0.2, 0) is 6.54 Å². The molecule has 0 aromatic heterocycles. The van der Waals surface area contributed by atoms with Gasteiger partial charge in [-0.1, -0.05) is 0 Å². The summed E-state index contributed by atoms with van der Waals surface area (Å²) in [5, 5.41) is 23.0. The number of benzene rings is 2. The Morgan fingerprint density at radius 1 is 1.33 bits per heavy atom. The van der Waals surface area contributed by atoms with Crippen LogP contribution in [0.4, 0.5) is 15.8 Å². The van der Waals surface area contributed by atoms with Crippen LogP contribution in [0.5, 0.6) is 11.5 Å². The molecule has 0 aliphatic carbocycles. The zero-order valence-electron chi connectivity index (χ0n) is 11.2. The standard InChI is InChI=1S/C14H13FN2O4/c1-21-14-3-2-11(17(19)20)7-13(14)16-8-9-4-10(15)6-12(18)5-9/h2-7,16,18H,8H2,1H3. The Morgan fingerprint density at radius 3 is 2.71 bits per heavy atom. The molecule has 2 N–H and O–H groups in total. The molecule has 0 unspecified atom stereocenters. The van der Waals surface area contributed by atoms with Gasteiger partial charge in [0.05, 0.1) is 17.7 Å². The molecule has 0 atom stereocenters. The lowest BCUT2D eigenvalue weighted by molar-refractivity contribution is -0.384. The Hall–Kier alpha value is -2.83. The number of anilines is 1. The second-order valence-electron chi connectivity index (χ2n) is 4.31. The minimum Gasteiger partial charge on any atom is -0.508 e. The third-order valence-electron chi connectivity index (χ3n) is 2.82. The first-order valence-electron chi connectivity index (χ1n) is 6.04. The molecule has 0 fully saturated rings. The van der Waals surface area contributed by atoms with E-state index < -0.39 is 10.7 Å². The van der Waals surface area contributed by atoms with Crippen LogP contribution >= 0.6 is 0 Å². The Morgan fingerprint density at radius 2 is 2.10 bits per heavy atom. The van der Waals surface area contributed by atoms with E-state index in [1.807, 2.05) is 0 Å². The normalized spacial score (nSPS) is 10.2. The largest absolute Gasteiger partial charge is 0.508 e. The first-order valence-corrected chi connectivity index (χ1v) is 6.04. The minimum absolute atomic E-state index is 0.0830. The molecule has 7 heteroatoms. The maximum Gasteiger partial charge on any atom is 0.271 e. The van der Waals surface area contributed by atoms with Crippen LogP contribution < -0.4 is 10.1 Å². The third kappa shape index (κ3) is 3.59. The highest BCUT2D eigenvalue weighted by molar-refractivity contribution is 5.61. The number of non-ortho nitro benzene ring substituents is 1. The summed E-state index contributed by atoms with van der Waals surface area (Å²) in [5.74, 6) is -0.308. The van der Waals surface area contributed by atoms with Gasteiger partial charge in [0.2, 0.25) is 0 Å². The van der Waals surface area contributed by atoms with Crippen LogP contribution in [0.15, 0.2) is 36.4 Å². The SMILES string of the molecule is COc1ccc([N+](=O)[O-])cc1NCc1cc(O)cc(F)c1. The molecule has 0 bridgehead atoms. The van der Waals surface area contributed by atoms with E-state index in [0.29, 0.717) is 17.0 Å². The lowest BCUT2D eigenvalue weighted by Crippen LogP contribution is -2.02. The van der Waals surface area contributed by atoms with Gasteiger partial charge in [-0.15, -0.1) is 0 Å². The Kier molecular flexibility index (Phi) is 4.22. The average molecular weight is 292 g/mol. The summed E-state index contributed by atoms with van der Waals surface area (Å²) >= 11 is 0. The van der Waals surface area contributed by atoms with Crippen LogP contribution in [0.25, 0.3) is 0 Å². The van der Waals surface area contributed by atoms with E-state index in [-0.39, 0.29) is 18.0 Å². The predicted molar refractivity (Wildman–Crippen MR) is 75.0 cm³/mol. The molecular formula is C14H13FN2O4. The molecule has 0 radical (unpaired) electrons. The highest BCUT2D eigenvalue weighted by Gasteiger charge is 2.11. The number of nitrogens with one attached hydrogen (secondary N) is 1. The van der Waals surface area contributed by atoms with Gasteiger partial charge in [0, 0.05) is 24.7 Å². The number of nitrogens with zero attached hydrogens (tertiary/aromatic N) is 1. The lowest BCUT2D eigenvalue weighted by atomic mass is 10.2. The van der Waals surface area contributed by atoms with Gasteiger partial charge in [-0.2, -0.15) is 0 Å². The number of phenols is 1. The van der Waals surface area contributed by atoms with Crippen molar-refractivity contribution < 1.29 is 19.2 Å². The van der Waals surface area contributed by atoms with Gasteiger partial charge in [0.15, 0.2) is 0 Å². The van der Waals surface area contributed by atoms with Gasteiger partial charge in [0.25, 0.3) is 5.69 Å². The number of ether oxygens (including phenoxy) is 1. The fraction of sp³-hybridized carbons (Fsp3) is 0.143. The number of phenolic OH excluding ortho intramolecular Hbond substituents is 1. The predicted octanol–water partition coefficient (Wildman–Crippen LogP) is 3.06. The fourth-order valence-corrected chi connectivity index (χ4v) is 1.88. The van der Waals surface area contributed by atoms with E-state index in [9.17, 15) is 19.6 Å². The molecular weight excluding hydrogens is 279 g/mol. The summed E-state index contributed by atoms with van der Waals surface area (Å²) in [4.78, 5) is 10.3. The van der Waals surface area contributed by atoms with E-state index >= 15 is 0 Å². The number of halogens is 1. The number of methoxy groups -OCH3 is 1. The van der Waals surface area contributed by atoms with Crippen molar-refractivity contribution >= 4 is 11.4 Å². The summed E-state index contributed by atoms with van der Waals surface area (Å²) < 4.78 is 18.3. The van der Waals surface area contributed by atoms with Crippen LogP contribution in [-0.4, -0.2) is 17.1 Å². The van der Waals surface area contributed by atoms with Crippen molar-refractivity contribution in [1.82, 2.24) is 0 Å². The number of nitro benzene ring substituents is 1. The summed E-state index contributed by atoms with van der Waals surface area (Å²) in [5.41, 5.74) is 0.830. The van der Waals surface area contributed by atoms with Crippen molar-refractivity contribution in [3.63, 3.8) is 0 Å². The molecule has 2 rings (SSSR count). The molecule has 0 saturated heterocycles. The minimum atomic E-state index is -0.558. The first kappa shape index (κ1) is 14.6. The van der Waals surface area contributed by atoms with Crippen molar-refractivity contribution in [2.24, 2.45) is 0 Å². The monoisotopic (exact) mass is 292 g/mol. The van der Waals surface area contributed by atoms with Gasteiger partial charge in [-0.05, 0) is 23.8 Å². The van der Waals surface area contributed by atoms with Gasteiger partial charge in [-0.3, -0.25) is 10.1 Å². The maximum absolute atomic E-state index is 13.2. The molecule has 110 valence electrons. The van der Waals surface area contributed by atoms with Crippen molar-refractivity contribution in [3.8, 4) is 11.5 Å². The van der Waals surface area contributed by atoms with Gasteiger partial charge < -0.3 is 15.2 Å². The Labute approximate surface area is 119 Å². The molecule has 2 aromatic carbocycles. The molecule has 0 aliphatic rings. The van der Waals surface area contributed by atoms with Crippen molar-refractivity contribution in [2.75, 3.05) is 12.4 Å². The first-order chi connectivity index (χ1) is 9.99. The van der Waals surface area contributed by atoms with Crippen molar-refractivity contribution in [1.29, 1.82) is 0 Å². The van der Waals surface area contributed by atoms with E-state index in [1.54, 1.807) is 0 Å². The molecule has 0 spiro atoms. The summed E-state index contributed by atoms with van der Waals surface area (Å²) in [6.07, 6.45) is 0. The zero-order chi connectivity index (χ0) is 15.4. The van der Waals surface area contributed by atoms with Crippen LogP contribution in [0.1, 0.15) is 5.56 Å². The van der Waals surface area contributed by atoms with Crippen LogP contribution in [0, 0.1) is 15.9 Å². The fourth-order valence-electron chi connectivity index (χ4n) is 1.88. The van der Waals surface area contributed by atoms with E-state index in [4.69, 9.17) is 4.74 Å². The summed E-state index contributed by atoms with van der Waals surface area (Å²) in [7, 11) is 1.44. The molecule has 2 aromatic rings. The van der Waals surface area contributed by atoms with Crippen LogP contribution in [0.2, 0.25) is 0 Å². The smallest absolute Gasteiger partial charge is 0.271 e. The quantitative estimate of drug-likeness (QED) is 0.653.